The smallest absolute Gasteiger partial charge is 0.325 e. The van der Waals surface area contributed by atoms with Gasteiger partial charge in [-0.05, 0) is 94.9 Å². The van der Waals surface area contributed by atoms with Crippen molar-refractivity contribution in [3.05, 3.63) is 0 Å². The predicted molar refractivity (Wildman–Crippen MR) is 221 cm³/mol. The van der Waals surface area contributed by atoms with Crippen LogP contribution in [0, 0.1) is 0 Å². The van der Waals surface area contributed by atoms with Crippen LogP contribution in [-0.4, -0.2) is 181 Å². The van der Waals surface area contributed by atoms with Gasteiger partial charge >= 0.3 is 6.72 Å². The van der Waals surface area contributed by atoms with Gasteiger partial charge in [-0.3, -0.25) is 9.09 Å². The molecule has 4 saturated heterocycles. The molecule has 4 aliphatic rings. The van der Waals surface area contributed by atoms with Gasteiger partial charge in [-0.25, -0.2) is 0 Å². The summed E-state index contributed by atoms with van der Waals surface area (Å²) in [6.07, 6.45) is -11.0. The summed E-state index contributed by atoms with van der Waals surface area (Å²) in [4.78, 5) is 10.5. The summed E-state index contributed by atoms with van der Waals surface area (Å²) in [6.45, 7) is 21.3. The van der Waals surface area contributed by atoms with E-state index in [-0.39, 0.29) is 50.8 Å². The molecule has 4 rings (SSSR count). The Bertz CT molecular complexity index is 1340. The second kappa shape index (κ2) is 24.0. The lowest BCUT2D eigenvalue weighted by Gasteiger charge is -2.28. The maximum absolute atomic E-state index is 13.3. The fourth-order valence-corrected chi connectivity index (χ4v) is 9.61. The molecule has 4 aliphatic heterocycles. The normalized spacial score (nSPS) is 39.6. The molecule has 0 bridgehead atoms. The van der Waals surface area contributed by atoms with E-state index in [1.54, 1.807) is 34.5 Å². The second-order valence-electron chi connectivity index (χ2n) is 16.5. The first-order valence-corrected chi connectivity index (χ1v) is 24.9. The number of ether oxygens (including phenoxy) is 8. The van der Waals surface area contributed by atoms with Gasteiger partial charge in [-0.15, -0.1) is 0 Å². The lowest BCUT2D eigenvalue weighted by molar-refractivity contribution is -0.0787. The van der Waals surface area contributed by atoms with Crippen molar-refractivity contribution in [1.82, 2.24) is 0 Å². The molecule has 0 aromatic rings. The van der Waals surface area contributed by atoms with Crippen LogP contribution in [0.5, 0.6) is 0 Å². The summed E-state index contributed by atoms with van der Waals surface area (Å²) < 4.78 is 81.2. The maximum Gasteiger partial charge on any atom is 0.325 e. The summed E-state index contributed by atoms with van der Waals surface area (Å²) in [5.74, 6) is 0. The summed E-state index contributed by atoms with van der Waals surface area (Å²) >= 11 is 5.14. The Labute approximate surface area is 356 Å². The molecule has 1 radical (unpaired) electrons. The first-order chi connectivity index (χ1) is 27.4. The molecule has 18 atom stereocenters. The van der Waals surface area contributed by atoms with Gasteiger partial charge < -0.3 is 76.8 Å². The highest BCUT2D eigenvalue weighted by molar-refractivity contribution is 8.07. The predicted octanol–water partition coefficient (Wildman–Crippen LogP) is 2.88. The van der Waals surface area contributed by atoms with Crippen molar-refractivity contribution < 1.29 is 85.9 Å². The number of hydrogen-bond donors (Lipinski definition) is 5. The summed E-state index contributed by atoms with van der Waals surface area (Å²) in [7, 11) is -3.69. The van der Waals surface area contributed by atoms with Crippen molar-refractivity contribution in [3.8, 4) is 0 Å². The molecule has 0 saturated carbocycles. The highest BCUT2D eigenvalue weighted by Gasteiger charge is 2.49. The van der Waals surface area contributed by atoms with Crippen LogP contribution in [0.4, 0.5) is 0 Å². The minimum atomic E-state index is -3.72. The number of aliphatic hydroxyl groups excluding tert-OH is 4. The third-order valence-electron chi connectivity index (χ3n) is 10.0. The van der Waals surface area contributed by atoms with Crippen molar-refractivity contribution in [1.29, 1.82) is 0 Å². The van der Waals surface area contributed by atoms with E-state index in [4.69, 9.17) is 67.8 Å². The third kappa shape index (κ3) is 16.0. The van der Waals surface area contributed by atoms with Crippen molar-refractivity contribution in [2.45, 2.75) is 212 Å². The van der Waals surface area contributed by atoms with Crippen LogP contribution in [0.2, 0.25) is 6.82 Å². The van der Waals surface area contributed by atoms with Gasteiger partial charge in [0, 0.05) is 0 Å². The Hall–Kier alpha value is 0.265. The van der Waals surface area contributed by atoms with E-state index in [2.05, 4.69) is 0 Å². The lowest BCUT2D eigenvalue weighted by Crippen LogP contribution is -2.39. The van der Waals surface area contributed by atoms with E-state index >= 15 is 0 Å². The van der Waals surface area contributed by atoms with E-state index in [0.717, 1.165) is 0 Å². The largest absolute Gasteiger partial charge is 0.388 e. The van der Waals surface area contributed by atoms with Crippen molar-refractivity contribution >= 4 is 33.0 Å². The molecule has 59 heavy (non-hydrogen) atoms. The van der Waals surface area contributed by atoms with Crippen LogP contribution >= 0.6 is 14.2 Å². The van der Waals surface area contributed by atoms with Crippen molar-refractivity contribution in [3.63, 3.8) is 0 Å². The molecular formula is C37H72BO18P2S. The number of aliphatic hydroxyl groups is 4. The molecule has 347 valence electrons. The van der Waals surface area contributed by atoms with Gasteiger partial charge in [0.15, 0.2) is 0 Å². The number of rotatable bonds is 21. The summed E-state index contributed by atoms with van der Waals surface area (Å²) in [5, 5.41) is 41.4. The quantitative estimate of drug-likeness (QED) is 0.0824. The van der Waals surface area contributed by atoms with Gasteiger partial charge in [-0.2, -0.15) is 0 Å². The van der Waals surface area contributed by atoms with E-state index in [1.165, 1.54) is 7.00 Å². The van der Waals surface area contributed by atoms with E-state index in [1.807, 2.05) is 55.4 Å². The van der Waals surface area contributed by atoms with Crippen LogP contribution in [0.3, 0.4) is 0 Å². The molecule has 4 fully saturated rings. The fraction of sp³-hybridized carbons (Fsp3) is 1.00. The minimum Gasteiger partial charge on any atom is -0.388 e. The van der Waals surface area contributed by atoms with Crippen LogP contribution in [0.25, 0.3) is 0 Å². The molecule has 18 nitrogen and oxygen atoms in total. The van der Waals surface area contributed by atoms with Gasteiger partial charge in [0.25, 0.3) is 14.5 Å². The minimum absolute atomic E-state index is 0.0195. The monoisotopic (exact) mass is 909 g/mol. The average Bonchev–Trinajstić information content (AvgIpc) is 3.77. The van der Waals surface area contributed by atoms with Crippen LogP contribution in [0.15, 0.2) is 0 Å². The fourth-order valence-electron chi connectivity index (χ4n) is 6.88. The van der Waals surface area contributed by atoms with E-state index in [0.29, 0.717) is 0 Å². The van der Waals surface area contributed by atoms with E-state index < -0.39 is 112 Å². The summed E-state index contributed by atoms with van der Waals surface area (Å²) in [6, 6.07) is 0. The molecule has 0 aromatic heterocycles. The van der Waals surface area contributed by atoms with Crippen LogP contribution in [-0.2, 0) is 72.4 Å². The van der Waals surface area contributed by atoms with Crippen LogP contribution in [0.1, 0.15) is 83.1 Å². The Balaban J connectivity index is 0.000000316. The molecule has 22 heteroatoms. The van der Waals surface area contributed by atoms with Gasteiger partial charge in [0.05, 0.1) is 75.3 Å². The maximum atomic E-state index is 13.3. The highest BCUT2D eigenvalue weighted by atomic mass is 32.5. The first kappa shape index (κ1) is 53.6. The van der Waals surface area contributed by atoms with Crippen molar-refractivity contribution in [2.75, 3.05) is 26.4 Å². The van der Waals surface area contributed by atoms with E-state index in [9.17, 15) is 29.9 Å². The summed E-state index contributed by atoms with van der Waals surface area (Å²) in [5.41, 5.74) is 0. The Morgan fingerprint density at radius 3 is 1.20 bits per heavy atom. The zero-order valence-electron chi connectivity index (χ0n) is 36.8. The van der Waals surface area contributed by atoms with Crippen LogP contribution < -0.4 is 0 Å². The highest BCUT2D eigenvalue weighted by Crippen LogP contribution is 2.51. The average molecular weight is 910 g/mol. The van der Waals surface area contributed by atoms with Gasteiger partial charge in [0.2, 0.25) is 0 Å². The molecule has 0 aromatic carbocycles. The SMILES string of the molecule is CC(C)OC[C@H]1O[C@@H](C)[C@@H](O)C1OP(O)(=S)OC[C@H]1O[C@@H](C)[C@@H](O)C1OC(C)C.C[B]P(=O)(OC[C@H]1O[C@@H](C)[C@@H](O)C1OC(C)C)OC1[C@@H](COC(C)C)O[C@@H](C)[C@H]1O. The van der Waals surface area contributed by atoms with Gasteiger partial charge in [-0.1, -0.05) is 6.82 Å². The Morgan fingerprint density at radius 1 is 0.542 bits per heavy atom. The van der Waals surface area contributed by atoms with Gasteiger partial charge in [0.1, 0.15) is 73.2 Å². The first-order valence-electron chi connectivity index (χ1n) is 20.7. The molecule has 0 aliphatic carbocycles. The third-order valence-corrected chi connectivity index (χ3v) is 13.2. The topological polar surface area (TPSA) is 229 Å². The molecule has 0 spiro atoms. The Kier molecular flexibility index (Phi) is 21.8. The Morgan fingerprint density at radius 2 is 0.864 bits per heavy atom. The standard InChI is InChI=1S/C19H37BO9P.C18H35O9PS/c1-10(2)24-8-14-19(17(22)13(6)27-14)29-30(23,20-7)25-9-15-18(26-11(3)4)16(21)12(5)28-15;1-9(2)22-7-13-18(16(20)12(6)25-13)27-28(21,29)23-8-14-17(24-10(3)4)15(19)11(5)26-14/h10-19,21-22H,8-9H2,1-7H3;9-20H,7-8H2,1-6H3,(H,21,29)/t12-,13-,14+,15+,16+,17+,18?,19?,30?;11-,12-,13+,14+,15+,16+,17?,18?,28?/m00/s1. The molecule has 0 amide bonds. The zero-order valence-corrected chi connectivity index (χ0v) is 39.4. The zero-order chi connectivity index (χ0) is 44.6. The molecular weight excluding hydrogens is 837 g/mol. The second-order valence-corrected chi connectivity index (χ2v) is 21.4. The lowest BCUT2D eigenvalue weighted by atomic mass is 10.1. The van der Waals surface area contributed by atoms with Crippen molar-refractivity contribution in [2.24, 2.45) is 0 Å². The molecule has 5 N–H and O–H groups in total. The number of hydrogen-bond acceptors (Lipinski definition) is 18. The molecule has 6 unspecified atom stereocenters. The molecule has 4 heterocycles.